The number of aromatic nitrogens is 2. The first-order valence-corrected chi connectivity index (χ1v) is 8.35. The number of rotatable bonds is 5. The molecule has 0 saturated carbocycles. The highest BCUT2D eigenvalue weighted by atomic mass is 79.9. The number of imidazole rings is 1. The predicted molar refractivity (Wildman–Crippen MR) is 91.9 cm³/mol. The molecule has 0 fully saturated rings. The summed E-state index contributed by atoms with van der Waals surface area (Å²) < 4.78 is 3.26. The van der Waals surface area contributed by atoms with Crippen molar-refractivity contribution in [2.24, 2.45) is 0 Å². The van der Waals surface area contributed by atoms with Gasteiger partial charge in [0.05, 0.1) is 6.33 Å². The Hall–Kier alpha value is -1.59. The number of thiophene rings is 1. The summed E-state index contributed by atoms with van der Waals surface area (Å²) >= 11 is 5.38. The van der Waals surface area contributed by atoms with Crippen LogP contribution in [0, 0.1) is 6.92 Å². The van der Waals surface area contributed by atoms with Crippen LogP contribution in [-0.4, -0.2) is 9.55 Å². The number of hydrogen-bond acceptors (Lipinski definition) is 3. The Morgan fingerprint density at radius 2 is 2.24 bits per heavy atom. The molecule has 2 heterocycles. The van der Waals surface area contributed by atoms with Crippen LogP contribution < -0.4 is 5.32 Å². The Morgan fingerprint density at radius 3 is 2.95 bits per heavy atom. The van der Waals surface area contributed by atoms with Crippen molar-refractivity contribution in [2.75, 3.05) is 5.32 Å². The molecule has 3 aromatic rings. The van der Waals surface area contributed by atoms with Gasteiger partial charge in [0.2, 0.25) is 0 Å². The summed E-state index contributed by atoms with van der Waals surface area (Å²) in [5.74, 6) is 0. The number of nitrogens with zero attached hydrogens (tertiary/aromatic N) is 2. The Kier molecular flexibility index (Phi) is 4.41. The van der Waals surface area contributed by atoms with E-state index in [-0.39, 0.29) is 0 Å². The minimum Gasteiger partial charge on any atom is -0.380 e. The molecule has 0 atom stereocenters. The molecule has 0 unspecified atom stereocenters. The Bertz CT molecular complexity index is 699. The number of benzene rings is 1. The van der Waals surface area contributed by atoms with Crippen molar-refractivity contribution >= 4 is 33.0 Å². The fourth-order valence-electron chi connectivity index (χ4n) is 2.16. The van der Waals surface area contributed by atoms with Gasteiger partial charge < -0.3 is 9.88 Å². The second-order valence-electron chi connectivity index (χ2n) is 4.91. The lowest BCUT2D eigenvalue weighted by Crippen LogP contribution is -2.00. The normalized spacial score (nSPS) is 10.8. The molecule has 0 amide bonds. The minimum absolute atomic E-state index is 0.846. The van der Waals surface area contributed by atoms with Crippen molar-refractivity contribution in [2.45, 2.75) is 20.0 Å². The molecule has 1 aromatic carbocycles. The Labute approximate surface area is 136 Å². The van der Waals surface area contributed by atoms with E-state index in [1.54, 1.807) is 6.20 Å². The van der Waals surface area contributed by atoms with Crippen LogP contribution in [0.4, 0.5) is 5.69 Å². The fraction of sp³-hybridized carbons (Fsp3) is 0.188. The van der Waals surface area contributed by atoms with Gasteiger partial charge in [-0.2, -0.15) is 0 Å². The lowest BCUT2D eigenvalue weighted by Gasteiger charge is -2.08. The fourth-order valence-corrected chi connectivity index (χ4v) is 3.71. The van der Waals surface area contributed by atoms with Crippen molar-refractivity contribution < 1.29 is 0 Å². The van der Waals surface area contributed by atoms with E-state index in [4.69, 9.17) is 0 Å². The zero-order chi connectivity index (χ0) is 14.7. The molecule has 0 aliphatic heterocycles. The minimum atomic E-state index is 0.846. The monoisotopic (exact) mass is 361 g/mol. The van der Waals surface area contributed by atoms with Crippen LogP contribution in [0.5, 0.6) is 0 Å². The third-order valence-corrected chi connectivity index (χ3v) is 5.36. The third-order valence-electron chi connectivity index (χ3n) is 3.23. The van der Waals surface area contributed by atoms with E-state index in [2.05, 4.69) is 68.1 Å². The van der Waals surface area contributed by atoms with Crippen molar-refractivity contribution in [3.05, 3.63) is 68.8 Å². The molecule has 2 aromatic heterocycles. The van der Waals surface area contributed by atoms with Gasteiger partial charge >= 0.3 is 0 Å². The molecule has 0 spiro atoms. The van der Waals surface area contributed by atoms with Crippen molar-refractivity contribution in [1.29, 1.82) is 0 Å². The van der Waals surface area contributed by atoms with Gasteiger partial charge in [-0.05, 0) is 46.6 Å². The zero-order valence-corrected chi connectivity index (χ0v) is 14.1. The molecule has 0 aliphatic carbocycles. The summed E-state index contributed by atoms with van der Waals surface area (Å²) in [6.45, 7) is 3.83. The molecular weight excluding hydrogens is 346 g/mol. The maximum atomic E-state index is 4.07. The highest BCUT2D eigenvalue weighted by molar-refractivity contribution is 9.10. The van der Waals surface area contributed by atoms with Crippen molar-refractivity contribution in [3.63, 3.8) is 0 Å². The number of nitrogens with one attached hydrogen (secondary N) is 1. The maximum absolute atomic E-state index is 4.07. The quantitative estimate of drug-likeness (QED) is 0.715. The standard InChI is InChI=1S/C16H16BrN3S/c1-12-16(17)8-15(21-12)9-19-14-4-2-3-13(7-14)10-20-6-5-18-11-20/h2-8,11,19H,9-10H2,1H3. The molecular formula is C16H16BrN3S. The highest BCUT2D eigenvalue weighted by Crippen LogP contribution is 2.27. The third kappa shape index (κ3) is 3.74. The van der Waals surface area contributed by atoms with Gasteiger partial charge in [-0.25, -0.2) is 4.98 Å². The average molecular weight is 362 g/mol. The second kappa shape index (κ2) is 6.45. The van der Waals surface area contributed by atoms with Crippen molar-refractivity contribution in [3.8, 4) is 0 Å². The Morgan fingerprint density at radius 1 is 1.33 bits per heavy atom. The molecule has 0 radical (unpaired) electrons. The lowest BCUT2D eigenvalue weighted by molar-refractivity contribution is 0.797. The van der Waals surface area contributed by atoms with Crippen LogP contribution in [0.1, 0.15) is 15.3 Å². The molecule has 3 rings (SSSR count). The summed E-state index contributed by atoms with van der Waals surface area (Å²) in [5.41, 5.74) is 2.41. The van der Waals surface area contributed by atoms with Gasteiger partial charge in [-0.15, -0.1) is 11.3 Å². The molecule has 21 heavy (non-hydrogen) atoms. The van der Waals surface area contributed by atoms with E-state index in [1.807, 2.05) is 23.9 Å². The highest BCUT2D eigenvalue weighted by Gasteiger charge is 2.03. The largest absolute Gasteiger partial charge is 0.380 e. The summed E-state index contributed by atoms with van der Waals surface area (Å²) in [4.78, 5) is 6.72. The van der Waals surface area contributed by atoms with Crippen LogP contribution in [0.2, 0.25) is 0 Å². The van der Waals surface area contributed by atoms with E-state index in [0.29, 0.717) is 0 Å². The molecule has 0 saturated heterocycles. The van der Waals surface area contributed by atoms with E-state index in [9.17, 15) is 0 Å². The second-order valence-corrected chi connectivity index (χ2v) is 7.10. The van der Waals surface area contributed by atoms with Crippen LogP contribution in [-0.2, 0) is 13.1 Å². The molecule has 5 heteroatoms. The smallest absolute Gasteiger partial charge is 0.0949 e. The Balaban J connectivity index is 1.65. The first kappa shape index (κ1) is 14.4. The van der Waals surface area contributed by atoms with Crippen LogP contribution in [0.3, 0.4) is 0 Å². The number of aryl methyl sites for hydroxylation is 1. The SMILES string of the molecule is Cc1sc(CNc2cccc(Cn3ccnc3)c2)cc1Br. The lowest BCUT2D eigenvalue weighted by atomic mass is 10.2. The summed E-state index contributed by atoms with van der Waals surface area (Å²) in [6, 6.07) is 10.7. The molecule has 0 bridgehead atoms. The van der Waals surface area contributed by atoms with Gasteiger partial charge in [0.15, 0.2) is 0 Å². The topological polar surface area (TPSA) is 29.9 Å². The first-order chi connectivity index (χ1) is 10.2. The van der Waals surface area contributed by atoms with E-state index >= 15 is 0 Å². The number of halogens is 1. The molecule has 108 valence electrons. The van der Waals surface area contributed by atoms with E-state index < -0.39 is 0 Å². The van der Waals surface area contributed by atoms with Gasteiger partial charge in [-0.1, -0.05) is 12.1 Å². The van der Waals surface area contributed by atoms with Gasteiger partial charge in [0, 0.05) is 45.4 Å². The van der Waals surface area contributed by atoms with Gasteiger partial charge in [0.25, 0.3) is 0 Å². The first-order valence-electron chi connectivity index (χ1n) is 6.74. The van der Waals surface area contributed by atoms with Gasteiger partial charge in [0.1, 0.15) is 0 Å². The zero-order valence-electron chi connectivity index (χ0n) is 11.7. The molecule has 3 nitrogen and oxygen atoms in total. The van der Waals surface area contributed by atoms with Crippen LogP contribution in [0.25, 0.3) is 0 Å². The summed E-state index contributed by atoms with van der Waals surface area (Å²) in [5, 5.41) is 3.49. The van der Waals surface area contributed by atoms with Crippen LogP contribution >= 0.6 is 27.3 Å². The van der Waals surface area contributed by atoms with E-state index in [1.165, 1.54) is 19.8 Å². The number of anilines is 1. The summed E-state index contributed by atoms with van der Waals surface area (Å²) in [7, 11) is 0. The average Bonchev–Trinajstić information content (AvgIpc) is 3.08. The van der Waals surface area contributed by atoms with Gasteiger partial charge in [-0.3, -0.25) is 0 Å². The molecule has 0 aliphatic rings. The summed E-state index contributed by atoms with van der Waals surface area (Å²) in [6.07, 6.45) is 5.62. The van der Waals surface area contributed by atoms with Crippen LogP contribution in [0.15, 0.2) is 53.5 Å². The van der Waals surface area contributed by atoms with Crippen molar-refractivity contribution in [1.82, 2.24) is 9.55 Å². The van der Waals surface area contributed by atoms with E-state index in [0.717, 1.165) is 18.8 Å². The molecule has 1 N–H and O–H groups in total. The predicted octanol–water partition coefficient (Wildman–Crippen LogP) is 4.68. The number of hydrogen-bond donors (Lipinski definition) is 1. The maximum Gasteiger partial charge on any atom is 0.0949 e.